The first-order valence-electron chi connectivity index (χ1n) is 7.94. The van der Waals surface area contributed by atoms with Crippen LogP contribution in [0.4, 0.5) is 19.3 Å². The average Bonchev–Trinajstić information content (AvgIpc) is 2.43. The fourth-order valence-electron chi connectivity index (χ4n) is 2.68. The number of carbonyl (C=O) groups is 1. The fourth-order valence-corrected chi connectivity index (χ4v) is 2.68. The molecule has 1 fully saturated rings. The lowest BCUT2D eigenvalue weighted by Crippen LogP contribution is -2.42. The number of ether oxygens (including phenoxy) is 1. The number of rotatable bonds is 3. The van der Waals surface area contributed by atoms with E-state index in [4.69, 9.17) is 4.74 Å². The molecule has 0 aliphatic heterocycles. The third kappa shape index (κ3) is 5.69. The maximum Gasteiger partial charge on any atom is 0.407 e. The van der Waals surface area contributed by atoms with Gasteiger partial charge in [0.2, 0.25) is 0 Å². The minimum Gasteiger partial charge on any atom is -0.444 e. The summed E-state index contributed by atoms with van der Waals surface area (Å²) in [5.74, 6) is -0.922. The standard InChI is InChI=1S/C17H24F2N2O2/c1-17(2,3)23-16(22)21-13-7-5-12(6-8-13)20-15-10-11(18)4-9-14(15)19/h4,9-10,12-13,20H,5-8H2,1-3H3,(H,21,22). The molecule has 1 aromatic carbocycles. The molecule has 23 heavy (non-hydrogen) atoms. The van der Waals surface area contributed by atoms with Crippen molar-refractivity contribution in [1.82, 2.24) is 5.32 Å². The molecular formula is C17H24F2N2O2. The number of nitrogens with one attached hydrogen (secondary N) is 2. The van der Waals surface area contributed by atoms with Gasteiger partial charge in [0.15, 0.2) is 0 Å². The second kappa shape index (κ2) is 7.15. The van der Waals surface area contributed by atoms with E-state index in [0.717, 1.165) is 37.8 Å². The van der Waals surface area contributed by atoms with Crippen LogP contribution in [0.25, 0.3) is 0 Å². The number of halogens is 2. The minimum atomic E-state index is -0.516. The number of hydrogen-bond donors (Lipinski definition) is 2. The van der Waals surface area contributed by atoms with Crippen LogP contribution in [0.15, 0.2) is 18.2 Å². The van der Waals surface area contributed by atoms with Crippen molar-refractivity contribution in [2.75, 3.05) is 5.32 Å². The maximum absolute atomic E-state index is 13.6. The predicted octanol–water partition coefficient (Wildman–Crippen LogP) is 4.21. The van der Waals surface area contributed by atoms with Crippen LogP contribution in [0.2, 0.25) is 0 Å². The molecular weight excluding hydrogens is 302 g/mol. The van der Waals surface area contributed by atoms with Gasteiger partial charge < -0.3 is 15.4 Å². The van der Waals surface area contributed by atoms with Crippen molar-refractivity contribution in [3.8, 4) is 0 Å². The molecule has 1 saturated carbocycles. The maximum atomic E-state index is 13.6. The van der Waals surface area contributed by atoms with E-state index in [1.807, 2.05) is 20.8 Å². The number of benzene rings is 1. The van der Waals surface area contributed by atoms with Crippen molar-refractivity contribution in [2.45, 2.75) is 64.1 Å². The van der Waals surface area contributed by atoms with Crippen molar-refractivity contribution >= 4 is 11.8 Å². The van der Waals surface area contributed by atoms with Crippen LogP contribution in [-0.4, -0.2) is 23.8 Å². The molecule has 1 aliphatic carbocycles. The van der Waals surface area contributed by atoms with E-state index in [9.17, 15) is 13.6 Å². The number of carbonyl (C=O) groups excluding carboxylic acids is 1. The van der Waals surface area contributed by atoms with E-state index in [2.05, 4.69) is 10.6 Å². The van der Waals surface area contributed by atoms with Crippen molar-refractivity contribution < 1.29 is 18.3 Å². The van der Waals surface area contributed by atoms with Gasteiger partial charge >= 0.3 is 6.09 Å². The molecule has 2 rings (SSSR count). The third-order valence-corrected chi connectivity index (χ3v) is 3.74. The minimum absolute atomic E-state index is 0.0558. The Labute approximate surface area is 135 Å². The number of anilines is 1. The van der Waals surface area contributed by atoms with Crippen LogP contribution in [0, 0.1) is 11.6 Å². The molecule has 0 bridgehead atoms. The summed E-state index contributed by atoms with van der Waals surface area (Å²) in [4.78, 5) is 11.7. The third-order valence-electron chi connectivity index (χ3n) is 3.74. The molecule has 4 nitrogen and oxygen atoms in total. The van der Waals surface area contributed by atoms with E-state index in [1.165, 1.54) is 6.07 Å². The summed E-state index contributed by atoms with van der Waals surface area (Å²) < 4.78 is 32.0. The van der Waals surface area contributed by atoms with E-state index in [0.29, 0.717) is 0 Å². The SMILES string of the molecule is CC(C)(C)OC(=O)NC1CCC(Nc2cc(F)ccc2F)CC1. The molecule has 6 heteroatoms. The molecule has 0 spiro atoms. The number of amides is 1. The van der Waals surface area contributed by atoms with Gasteiger partial charge in [0.05, 0.1) is 5.69 Å². The molecule has 0 unspecified atom stereocenters. The van der Waals surface area contributed by atoms with Gasteiger partial charge in [-0.3, -0.25) is 0 Å². The van der Waals surface area contributed by atoms with Crippen molar-refractivity contribution in [2.24, 2.45) is 0 Å². The Morgan fingerprint density at radius 3 is 2.35 bits per heavy atom. The van der Waals surface area contributed by atoms with Gasteiger partial charge in [0.1, 0.15) is 17.2 Å². The highest BCUT2D eigenvalue weighted by Crippen LogP contribution is 2.24. The molecule has 1 aromatic rings. The van der Waals surface area contributed by atoms with Crippen LogP contribution in [-0.2, 0) is 4.74 Å². The zero-order chi connectivity index (χ0) is 17.0. The highest BCUT2D eigenvalue weighted by atomic mass is 19.1. The van der Waals surface area contributed by atoms with Crippen LogP contribution in [0.5, 0.6) is 0 Å². The van der Waals surface area contributed by atoms with Gasteiger partial charge in [-0.1, -0.05) is 0 Å². The smallest absolute Gasteiger partial charge is 0.407 e. The van der Waals surface area contributed by atoms with Crippen LogP contribution in [0.1, 0.15) is 46.5 Å². The normalized spacial score (nSPS) is 21.6. The molecule has 1 aliphatic rings. The molecule has 0 atom stereocenters. The van der Waals surface area contributed by atoms with Crippen LogP contribution in [0.3, 0.4) is 0 Å². The van der Waals surface area contributed by atoms with Gasteiger partial charge in [0, 0.05) is 12.1 Å². The topological polar surface area (TPSA) is 50.4 Å². The van der Waals surface area contributed by atoms with Gasteiger partial charge in [-0.2, -0.15) is 0 Å². The lowest BCUT2D eigenvalue weighted by atomic mass is 9.91. The summed E-state index contributed by atoms with van der Waals surface area (Å²) in [7, 11) is 0. The summed E-state index contributed by atoms with van der Waals surface area (Å²) in [6, 6.07) is 3.51. The summed E-state index contributed by atoms with van der Waals surface area (Å²) in [5.41, 5.74) is -0.328. The molecule has 0 aromatic heterocycles. The van der Waals surface area contributed by atoms with E-state index >= 15 is 0 Å². The van der Waals surface area contributed by atoms with Crippen molar-refractivity contribution in [3.63, 3.8) is 0 Å². The number of hydrogen-bond acceptors (Lipinski definition) is 3. The molecule has 128 valence electrons. The Morgan fingerprint density at radius 1 is 1.13 bits per heavy atom. The Kier molecular flexibility index (Phi) is 5.44. The summed E-state index contributed by atoms with van der Waals surface area (Å²) in [6.07, 6.45) is 2.68. The largest absolute Gasteiger partial charge is 0.444 e. The van der Waals surface area contributed by atoms with Gasteiger partial charge in [-0.15, -0.1) is 0 Å². The lowest BCUT2D eigenvalue weighted by Gasteiger charge is -2.31. The number of alkyl carbamates (subject to hydrolysis) is 1. The molecule has 2 N–H and O–H groups in total. The van der Waals surface area contributed by atoms with E-state index in [1.54, 1.807) is 0 Å². The summed E-state index contributed by atoms with van der Waals surface area (Å²) >= 11 is 0. The first-order valence-corrected chi connectivity index (χ1v) is 7.94. The molecule has 0 radical (unpaired) electrons. The predicted molar refractivity (Wildman–Crippen MR) is 85.4 cm³/mol. The van der Waals surface area contributed by atoms with E-state index in [-0.39, 0.29) is 17.8 Å². The van der Waals surface area contributed by atoms with Gasteiger partial charge in [-0.05, 0) is 64.7 Å². The zero-order valence-corrected chi connectivity index (χ0v) is 13.8. The molecule has 0 saturated heterocycles. The lowest BCUT2D eigenvalue weighted by molar-refractivity contribution is 0.0492. The Bertz CT molecular complexity index is 550. The highest BCUT2D eigenvalue weighted by Gasteiger charge is 2.25. The van der Waals surface area contributed by atoms with Gasteiger partial charge in [0.25, 0.3) is 0 Å². The molecule has 1 amide bonds. The van der Waals surface area contributed by atoms with Crippen LogP contribution >= 0.6 is 0 Å². The van der Waals surface area contributed by atoms with Crippen molar-refractivity contribution in [3.05, 3.63) is 29.8 Å². The molecule has 0 heterocycles. The average molecular weight is 326 g/mol. The summed E-state index contributed by atoms with van der Waals surface area (Å²) in [5, 5.41) is 5.90. The van der Waals surface area contributed by atoms with Crippen LogP contribution < -0.4 is 10.6 Å². The quantitative estimate of drug-likeness (QED) is 0.875. The summed E-state index contributed by atoms with van der Waals surface area (Å²) in [6.45, 7) is 5.46. The second-order valence-electron chi connectivity index (χ2n) is 6.96. The second-order valence-corrected chi connectivity index (χ2v) is 6.96. The first kappa shape index (κ1) is 17.5. The fraction of sp³-hybridized carbons (Fsp3) is 0.588. The first-order chi connectivity index (χ1) is 10.7. The van der Waals surface area contributed by atoms with Crippen molar-refractivity contribution in [1.29, 1.82) is 0 Å². The van der Waals surface area contributed by atoms with E-state index < -0.39 is 23.3 Å². The Hall–Kier alpha value is -1.85. The monoisotopic (exact) mass is 326 g/mol. The highest BCUT2D eigenvalue weighted by molar-refractivity contribution is 5.68. The Morgan fingerprint density at radius 2 is 1.74 bits per heavy atom. The Balaban J connectivity index is 1.80. The zero-order valence-electron chi connectivity index (χ0n) is 13.8. The van der Waals surface area contributed by atoms with Gasteiger partial charge in [-0.25, -0.2) is 13.6 Å².